The SMILES string of the molecule is CC(=O)Nc1ccc(C(=O)N2CCC(Oc3ccc(Cl)cc3)CC2)nc1. The molecule has 26 heavy (non-hydrogen) atoms. The van der Waals surface area contributed by atoms with Crippen molar-refractivity contribution in [2.45, 2.75) is 25.9 Å². The lowest BCUT2D eigenvalue weighted by Crippen LogP contribution is -2.42. The van der Waals surface area contributed by atoms with Gasteiger partial charge in [-0.05, 0) is 36.4 Å². The standard InChI is InChI=1S/C19H20ClN3O3/c1-13(24)22-15-4-7-18(21-12-15)19(25)23-10-8-17(9-11-23)26-16-5-2-14(20)3-6-16/h2-7,12,17H,8-11H2,1H3,(H,22,24). The van der Waals surface area contributed by atoms with E-state index in [0.29, 0.717) is 29.5 Å². The van der Waals surface area contributed by atoms with E-state index in [2.05, 4.69) is 10.3 Å². The highest BCUT2D eigenvalue weighted by molar-refractivity contribution is 6.30. The molecule has 2 heterocycles. The Hall–Kier alpha value is -2.60. The molecule has 1 fully saturated rings. The summed E-state index contributed by atoms with van der Waals surface area (Å²) in [7, 11) is 0. The van der Waals surface area contributed by atoms with Crippen molar-refractivity contribution in [3.05, 3.63) is 53.3 Å². The van der Waals surface area contributed by atoms with E-state index in [1.54, 1.807) is 29.2 Å². The molecule has 1 N–H and O–H groups in total. The Bertz CT molecular complexity index is 770. The molecule has 0 saturated carbocycles. The normalized spacial score (nSPS) is 14.8. The van der Waals surface area contributed by atoms with Crippen molar-refractivity contribution in [1.82, 2.24) is 9.88 Å². The summed E-state index contributed by atoms with van der Waals surface area (Å²) in [4.78, 5) is 29.5. The van der Waals surface area contributed by atoms with Crippen molar-refractivity contribution in [3.8, 4) is 5.75 Å². The Morgan fingerprint density at radius 1 is 1.15 bits per heavy atom. The third-order valence-electron chi connectivity index (χ3n) is 4.15. The second-order valence-corrected chi connectivity index (χ2v) is 6.61. The number of nitrogens with zero attached hydrogens (tertiary/aromatic N) is 2. The van der Waals surface area contributed by atoms with Gasteiger partial charge >= 0.3 is 0 Å². The molecule has 0 spiro atoms. The third-order valence-corrected chi connectivity index (χ3v) is 4.40. The molecule has 0 bridgehead atoms. The van der Waals surface area contributed by atoms with E-state index in [1.807, 2.05) is 12.1 Å². The topological polar surface area (TPSA) is 71.5 Å². The van der Waals surface area contributed by atoms with Crippen LogP contribution in [0.4, 0.5) is 5.69 Å². The van der Waals surface area contributed by atoms with Crippen molar-refractivity contribution >= 4 is 29.1 Å². The molecular weight excluding hydrogens is 354 g/mol. The maximum atomic E-state index is 12.6. The van der Waals surface area contributed by atoms with Crippen molar-refractivity contribution in [1.29, 1.82) is 0 Å². The zero-order chi connectivity index (χ0) is 18.5. The summed E-state index contributed by atoms with van der Waals surface area (Å²) >= 11 is 5.87. The average Bonchev–Trinajstić information content (AvgIpc) is 2.64. The zero-order valence-corrected chi connectivity index (χ0v) is 15.2. The maximum absolute atomic E-state index is 12.6. The number of halogens is 1. The Morgan fingerprint density at radius 2 is 1.85 bits per heavy atom. The predicted octanol–water partition coefficient (Wildman–Crippen LogP) is 3.38. The number of ether oxygens (including phenoxy) is 1. The smallest absolute Gasteiger partial charge is 0.272 e. The van der Waals surface area contributed by atoms with Crippen LogP contribution in [0.25, 0.3) is 0 Å². The fraction of sp³-hybridized carbons (Fsp3) is 0.316. The summed E-state index contributed by atoms with van der Waals surface area (Å²) in [5, 5.41) is 3.31. The molecule has 1 aliphatic heterocycles. The van der Waals surface area contributed by atoms with E-state index in [9.17, 15) is 9.59 Å². The molecule has 2 amide bonds. The molecular formula is C19H20ClN3O3. The van der Waals surface area contributed by atoms with Crippen LogP contribution < -0.4 is 10.1 Å². The van der Waals surface area contributed by atoms with E-state index >= 15 is 0 Å². The number of piperidine rings is 1. The molecule has 0 radical (unpaired) electrons. The van der Waals surface area contributed by atoms with Gasteiger partial charge in [0.05, 0.1) is 11.9 Å². The van der Waals surface area contributed by atoms with Gasteiger partial charge in [-0.3, -0.25) is 9.59 Å². The number of carbonyl (C=O) groups excluding carboxylic acids is 2. The Morgan fingerprint density at radius 3 is 2.42 bits per heavy atom. The van der Waals surface area contributed by atoms with Gasteiger partial charge in [0.15, 0.2) is 0 Å². The molecule has 0 aliphatic carbocycles. The number of amides is 2. The first-order valence-corrected chi connectivity index (χ1v) is 8.84. The van der Waals surface area contributed by atoms with Crippen LogP contribution in [0.5, 0.6) is 5.75 Å². The van der Waals surface area contributed by atoms with Crippen LogP contribution in [0.2, 0.25) is 5.02 Å². The molecule has 1 aromatic carbocycles. The first-order chi connectivity index (χ1) is 12.5. The Labute approximate surface area is 157 Å². The summed E-state index contributed by atoms with van der Waals surface area (Å²) in [6.07, 6.45) is 3.09. The van der Waals surface area contributed by atoms with Gasteiger partial charge in [-0.1, -0.05) is 11.6 Å². The number of aromatic nitrogens is 1. The largest absolute Gasteiger partial charge is 0.490 e. The molecule has 1 saturated heterocycles. The van der Waals surface area contributed by atoms with Gasteiger partial charge in [-0.15, -0.1) is 0 Å². The van der Waals surface area contributed by atoms with E-state index in [-0.39, 0.29) is 17.9 Å². The summed E-state index contributed by atoms with van der Waals surface area (Å²) < 4.78 is 5.94. The number of benzene rings is 1. The molecule has 2 aromatic rings. The lowest BCUT2D eigenvalue weighted by molar-refractivity contribution is -0.114. The van der Waals surface area contributed by atoms with E-state index in [0.717, 1.165) is 18.6 Å². The average molecular weight is 374 g/mol. The maximum Gasteiger partial charge on any atom is 0.272 e. The van der Waals surface area contributed by atoms with Crippen LogP contribution in [-0.4, -0.2) is 40.9 Å². The van der Waals surface area contributed by atoms with Crippen molar-refractivity contribution < 1.29 is 14.3 Å². The Kier molecular flexibility index (Phi) is 5.73. The minimum absolute atomic E-state index is 0.0790. The number of carbonyl (C=O) groups is 2. The monoisotopic (exact) mass is 373 g/mol. The third kappa shape index (κ3) is 4.73. The van der Waals surface area contributed by atoms with Crippen LogP contribution in [0, 0.1) is 0 Å². The molecule has 3 rings (SSSR count). The number of anilines is 1. The van der Waals surface area contributed by atoms with E-state index < -0.39 is 0 Å². The zero-order valence-electron chi connectivity index (χ0n) is 14.4. The predicted molar refractivity (Wildman–Crippen MR) is 99.5 cm³/mol. The van der Waals surface area contributed by atoms with E-state index in [1.165, 1.54) is 13.1 Å². The van der Waals surface area contributed by atoms with Crippen LogP contribution in [0.3, 0.4) is 0 Å². The second-order valence-electron chi connectivity index (χ2n) is 6.18. The molecule has 1 aromatic heterocycles. The summed E-state index contributed by atoms with van der Waals surface area (Å²) in [5.41, 5.74) is 0.945. The van der Waals surface area contributed by atoms with Gasteiger partial charge < -0.3 is 15.0 Å². The number of nitrogens with one attached hydrogen (secondary N) is 1. The Balaban J connectivity index is 1.53. The summed E-state index contributed by atoms with van der Waals surface area (Å²) in [5.74, 6) is 0.507. The summed E-state index contributed by atoms with van der Waals surface area (Å²) in [6, 6.07) is 10.6. The van der Waals surface area contributed by atoms with Gasteiger partial charge in [0.2, 0.25) is 5.91 Å². The molecule has 7 heteroatoms. The second kappa shape index (κ2) is 8.19. The van der Waals surface area contributed by atoms with E-state index in [4.69, 9.17) is 16.3 Å². The minimum atomic E-state index is -0.173. The fourth-order valence-corrected chi connectivity index (χ4v) is 2.97. The first-order valence-electron chi connectivity index (χ1n) is 8.46. The van der Waals surface area contributed by atoms with Crippen molar-refractivity contribution in [2.24, 2.45) is 0 Å². The quantitative estimate of drug-likeness (QED) is 0.891. The van der Waals surface area contributed by atoms with Gasteiger partial charge in [0, 0.05) is 37.9 Å². The van der Waals surface area contributed by atoms with Gasteiger partial charge in [-0.2, -0.15) is 0 Å². The van der Waals surface area contributed by atoms with Crippen molar-refractivity contribution in [2.75, 3.05) is 18.4 Å². The molecule has 0 unspecified atom stereocenters. The lowest BCUT2D eigenvalue weighted by atomic mass is 10.1. The number of hydrogen-bond acceptors (Lipinski definition) is 4. The first kappa shape index (κ1) is 18.2. The number of likely N-dealkylation sites (tertiary alicyclic amines) is 1. The molecule has 0 atom stereocenters. The number of pyridine rings is 1. The minimum Gasteiger partial charge on any atom is -0.490 e. The van der Waals surface area contributed by atoms with Gasteiger partial charge in [0.25, 0.3) is 5.91 Å². The lowest BCUT2D eigenvalue weighted by Gasteiger charge is -2.32. The highest BCUT2D eigenvalue weighted by atomic mass is 35.5. The molecule has 136 valence electrons. The van der Waals surface area contributed by atoms with Crippen LogP contribution >= 0.6 is 11.6 Å². The van der Waals surface area contributed by atoms with Crippen LogP contribution in [0.1, 0.15) is 30.3 Å². The highest BCUT2D eigenvalue weighted by Crippen LogP contribution is 2.22. The highest BCUT2D eigenvalue weighted by Gasteiger charge is 2.25. The van der Waals surface area contributed by atoms with Gasteiger partial charge in [-0.25, -0.2) is 4.98 Å². The molecule has 6 nitrogen and oxygen atoms in total. The van der Waals surface area contributed by atoms with Crippen molar-refractivity contribution in [3.63, 3.8) is 0 Å². The van der Waals surface area contributed by atoms with Crippen LogP contribution in [0.15, 0.2) is 42.6 Å². The van der Waals surface area contributed by atoms with Crippen LogP contribution in [-0.2, 0) is 4.79 Å². The number of hydrogen-bond donors (Lipinski definition) is 1. The summed E-state index contributed by atoms with van der Waals surface area (Å²) in [6.45, 7) is 2.66. The van der Waals surface area contributed by atoms with Gasteiger partial charge in [0.1, 0.15) is 17.5 Å². The fourth-order valence-electron chi connectivity index (χ4n) is 2.84. The molecule has 1 aliphatic rings. The number of rotatable bonds is 4.